The minimum Gasteiger partial charge on any atom is -0.352 e. The first-order valence-corrected chi connectivity index (χ1v) is 17.3. The van der Waals surface area contributed by atoms with Crippen LogP contribution < -0.4 is 15.5 Å². The maximum absolute atomic E-state index is 4.07. The van der Waals surface area contributed by atoms with Crippen molar-refractivity contribution in [3.8, 4) is 39.2 Å². The van der Waals surface area contributed by atoms with E-state index < -0.39 is 0 Å². The van der Waals surface area contributed by atoms with Gasteiger partial charge in [-0.2, -0.15) is 0 Å². The van der Waals surface area contributed by atoms with Crippen molar-refractivity contribution < 1.29 is 0 Å². The molecule has 2 aliphatic heterocycles. The van der Waals surface area contributed by atoms with E-state index in [9.17, 15) is 0 Å². The molecule has 4 nitrogen and oxygen atoms in total. The molecule has 0 radical (unpaired) electrons. The van der Waals surface area contributed by atoms with Crippen LogP contribution in [0, 0.1) is 0 Å². The van der Waals surface area contributed by atoms with E-state index in [1.165, 1.54) is 55.5 Å². The minimum absolute atomic E-state index is 0.0220. The quantitative estimate of drug-likeness (QED) is 0.200. The number of rotatable bonds is 4. The molecule has 0 saturated heterocycles. The zero-order valence-electron chi connectivity index (χ0n) is 27.4. The summed E-state index contributed by atoms with van der Waals surface area (Å²) in [6.07, 6.45) is -0.244. The first-order valence-electron chi connectivity index (χ1n) is 17.3. The lowest BCUT2D eigenvalue weighted by atomic mass is 9.93. The highest BCUT2D eigenvalue weighted by molar-refractivity contribution is 6.12. The molecule has 1 aromatic heterocycles. The third-order valence-electron chi connectivity index (χ3n) is 10.2. The molecule has 0 fully saturated rings. The highest BCUT2D eigenvalue weighted by Gasteiger charge is 2.37. The number of benzene rings is 7. The monoisotopic (exact) mass is 642 g/mol. The van der Waals surface area contributed by atoms with Gasteiger partial charge in [0.25, 0.3) is 0 Å². The topological polar surface area (TPSA) is 32.2 Å². The van der Waals surface area contributed by atoms with E-state index in [4.69, 9.17) is 0 Å². The smallest absolute Gasteiger partial charge is 0.160 e. The summed E-state index contributed by atoms with van der Waals surface area (Å²) < 4.78 is 2.44. The second kappa shape index (κ2) is 11.7. The number of para-hydroxylation sites is 5. The van der Waals surface area contributed by atoms with Crippen molar-refractivity contribution in [2.75, 3.05) is 10.2 Å². The zero-order valence-corrected chi connectivity index (χ0v) is 27.4. The lowest BCUT2D eigenvalue weighted by Gasteiger charge is -2.42. The van der Waals surface area contributed by atoms with Crippen molar-refractivity contribution in [2.45, 2.75) is 12.3 Å². The molecule has 8 aromatic rings. The van der Waals surface area contributed by atoms with Gasteiger partial charge in [0.2, 0.25) is 0 Å². The third-order valence-corrected chi connectivity index (χ3v) is 10.2. The summed E-state index contributed by atoms with van der Waals surface area (Å²) >= 11 is 0. The fourth-order valence-electron chi connectivity index (χ4n) is 8.03. The van der Waals surface area contributed by atoms with Crippen LogP contribution in [0.5, 0.6) is 0 Å². The molecule has 2 aliphatic rings. The Morgan fingerprint density at radius 1 is 0.480 bits per heavy atom. The molecule has 50 heavy (non-hydrogen) atoms. The SMILES string of the molecule is c1ccc(-c2ccc(C3NC(N4c5ccccc5-c5c(n(-c6ccccc6)c6ccccc56)-c5ccccc54)Nc4ccccc43)cc2)cc1. The van der Waals surface area contributed by atoms with Gasteiger partial charge in [-0.25, -0.2) is 0 Å². The van der Waals surface area contributed by atoms with Crippen LogP contribution in [0.2, 0.25) is 0 Å². The van der Waals surface area contributed by atoms with Crippen molar-refractivity contribution in [2.24, 2.45) is 0 Å². The molecule has 238 valence electrons. The summed E-state index contributed by atoms with van der Waals surface area (Å²) in [5.74, 6) is 0. The molecule has 7 aromatic carbocycles. The van der Waals surface area contributed by atoms with E-state index in [0.29, 0.717) is 0 Å². The Bertz CT molecular complexity index is 2500. The molecule has 0 aliphatic carbocycles. The molecular formula is C46H34N4. The molecule has 0 bridgehead atoms. The van der Waals surface area contributed by atoms with Crippen molar-refractivity contribution >= 4 is 28.0 Å². The van der Waals surface area contributed by atoms with Gasteiger partial charge in [0.05, 0.1) is 28.6 Å². The van der Waals surface area contributed by atoms with E-state index in [-0.39, 0.29) is 12.3 Å². The van der Waals surface area contributed by atoms with Gasteiger partial charge in [0.15, 0.2) is 6.29 Å². The van der Waals surface area contributed by atoms with Crippen molar-refractivity contribution in [1.29, 1.82) is 0 Å². The number of hydrogen-bond acceptors (Lipinski definition) is 3. The molecular weight excluding hydrogens is 609 g/mol. The first-order chi connectivity index (χ1) is 24.8. The Labute approximate surface area is 291 Å². The molecule has 4 heteroatoms. The highest BCUT2D eigenvalue weighted by atomic mass is 15.4. The van der Waals surface area contributed by atoms with Crippen LogP contribution in [-0.4, -0.2) is 10.9 Å². The number of fused-ring (bicyclic) bond motifs is 8. The Morgan fingerprint density at radius 3 is 1.88 bits per heavy atom. The van der Waals surface area contributed by atoms with Crippen LogP contribution in [0.15, 0.2) is 182 Å². The van der Waals surface area contributed by atoms with Crippen molar-refractivity contribution in [3.63, 3.8) is 0 Å². The second-order valence-corrected chi connectivity index (χ2v) is 13.0. The van der Waals surface area contributed by atoms with Crippen LogP contribution in [0.4, 0.5) is 17.1 Å². The van der Waals surface area contributed by atoms with E-state index >= 15 is 0 Å². The maximum Gasteiger partial charge on any atom is 0.160 e. The highest BCUT2D eigenvalue weighted by Crippen LogP contribution is 2.53. The lowest BCUT2D eigenvalue weighted by molar-refractivity contribution is 0.495. The molecule has 10 rings (SSSR count). The summed E-state index contributed by atoms with van der Waals surface area (Å²) in [6.45, 7) is 0. The van der Waals surface area contributed by atoms with E-state index in [1.54, 1.807) is 0 Å². The lowest BCUT2D eigenvalue weighted by Crippen LogP contribution is -2.53. The van der Waals surface area contributed by atoms with Crippen LogP contribution >= 0.6 is 0 Å². The van der Waals surface area contributed by atoms with Crippen LogP contribution in [-0.2, 0) is 0 Å². The standard InChI is InChI=1S/C46H34N4/c1-3-15-31(16-4-1)32-27-29-33(30-28-32)44-35-19-7-11-23-39(35)47-46(48-44)50-41-25-13-9-21-37(41)43-36-20-8-12-24-40(36)49(34-17-5-2-6-18-34)45(43)38-22-10-14-26-42(38)50/h1-30,44,46-48H. The van der Waals surface area contributed by atoms with Gasteiger partial charge in [-0.05, 0) is 58.7 Å². The summed E-state index contributed by atoms with van der Waals surface area (Å²) in [7, 11) is 0. The summed E-state index contributed by atoms with van der Waals surface area (Å²) in [5.41, 5.74) is 15.5. The molecule has 0 spiro atoms. The average Bonchev–Trinajstić information content (AvgIpc) is 3.47. The first kappa shape index (κ1) is 28.6. The Kier molecular flexibility index (Phi) is 6.68. The number of hydrogen-bond donors (Lipinski definition) is 2. The van der Waals surface area contributed by atoms with Gasteiger partial charge in [0, 0.05) is 33.5 Å². The van der Waals surface area contributed by atoms with Crippen LogP contribution in [0.3, 0.4) is 0 Å². The third kappa shape index (κ3) is 4.50. The van der Waals surface area contributed by atoms with Crippen LogP contribution in [0.25, 0.3) is 50.1 Å². The van der Waals surface area contributed by atoms with Gasteiger partial charge in [0.1, 0.15) is 0 Å². The Morgan fingerprint density at radius 2 is 1.08 bits per heavy atom. The molecule has 0 amide bonds. The normalized spacial score (nSPS) is 16.0. The van der Waals surface area contributed by atoms with E-state index in [0.717, 1.165) is 22.7 Å². The Hall–Kier alpha value is -6.36. The fourth-order valence-corrected chi connectivity index (χ4v) is 8.03. The van der Waals surface area contributed by atoms with Crippen molar-refractivity contribution in [3.05, 3.63) is 193 Å². The summed E-state index contributed by atoms with van der Waals surface area (Å²) in [5, 5.41) is 9.24. The number of aromatic nitrogens is 1. The molecule has 0 saturated carbocycles. The van der Waals surface area contributed by atoms with Gasteiger partial charge < -0.3 is 14.8 Å². The summed E-state index contributed by atoms with van der Waals surface area (Å²) in [4.78, 5) is 2.47. The Balaban J connectivity index is 1.17. The predicted octanol–water partition coefficient (Wildman–Crippen LogP) is 11.2. The molecule has 2 atom stereocenters. The minimum atomic E-state index is -0.244. The number of nitrogens with zero attached hydrogens (tertiary/aromatic N) is 2. The maximum atomic E-state index is 4.07. The van der Waals surface area contributed by atoms with Crippen LogP contribution in [0.1, 0.15) is 17.2 Å². The summed E-state index contributed by atoms with van der Waals surface area (Å²) in [6, 6.07) is 65.6. The molecule has 2 N–H and O–H groups in total. The average molecular weight is 643 g/mol. The molecule has 2 unspecified atom stereocenters. The fraction of sp³-hybridized carbons (Fsp3) is 0.0435. The van der Waals surface area contributed by atoms with E-state index in [1.807, 2.05) is 0 Å². The number of anilines is 3. The van der Waals surface area contributed by atoms with Gasteiger partial charge >= 0.3 is 0 Å². The number of nitrogens with one attached hydrogen (secondary N) is 2. The van der Waals surface area contributed by atoms with Gasteiger partial charge in [-0.15, -0.1) is 0 Å². The van der Waals surface area contributed by atoms with Gasteiger partial charge in [-0.1, -0.05) is 146 Å². The largest absolute Gasteiger partial charge is 0.352 e. The van der Waals surface area contributed by atoms with Crippen molar-refractivity contribution in [1.82, 2.24) is 9.88 Å². The zero-order chi connectivity index (χ0) is 33.0. The molecule has 3 heterocycles. The predicted molar refractivity (Wildman–Crippen MR) is 207 cm³/mol. The van der Waals surface area contributed by atoms with Gasteiger partial charge in [-0.3, -0.25) is 5.32 Å². The van der Waals surface area contributed by atoms with E-state index in [2.05, 4.69) is 202 Å². The second-order valence-electron chi connectivity index (χ2n) is 13.0.